The van der Waals surface area contributed by atoms with Gasteiger partial charge in [0.25, 0.3) is 5.91 Å². The second kappa shape index (κ2) is 8.57. The Morgan fingerprint density at radius 3 is 2.86 bits per heavy atom. The summed E-state index contributed by atoms with van der Waals surface area (Å²) in [5.74, 6) is -0.0312. The number of fused-ring (bicyclic) bond motifs is 1. The highest BCUT2D eigenvalue weighted by Crippen LogP contribution is 2.29. The van der Waals surface area contributed by atoms with E-state index in [-0.39, 0.29) is 35.4 Å². The summed E-state index contributed by atoms with van der Waals surface area (Å²) in [6.07, 6.45) is 1.50. The zero-order chi connectivity index (χ0) is 20.4. The maximum atomic E-state index is 13.4. The van der Waals surface area contributed by atoms with Gasteiger partial charge < -0.3 is 19.8 Å². The van der Waals surface area contributed by atoms with E-state index in [1.807, 2.05) is 12.1 Å². The lowest BCUT2D eigenvalue weighted by atomic mass is 10.0. The van der Waals surface area contributed by atoms with Gasteiger partial charge in [-0.15, -0.1) is 0 Å². The van der Waals surface area contributed by atoms with Gasteiger partial charge in [0.2, 0.25) is 5.89 Å². The third kappa shape index (κ3) is 4.63. The van der Waals surface area contributed by atoms with Crippen LogP contribution in [0.3, 0.4) is 0 Å². The van der Waals surface area contributed by atoms with Crippen LogP contribution in [0, 0.1) is 5.82 Å². The van der Waals surface area contributed by atoms with Crippen molar-refractivity contribution < 1.29 is 18.3 Å². The summed E-state index contributed by atoms with van der Waals surface area (Å²) >= 11 is 11.8. The van der Waals surface area contributed by atoms with Crippen LogP contribution in [-0.2, 0) is 4.79 Å². The average molecular weight is 438 g/mol. The van der Waals surface area contributed by atoms with Gasteiger partial charge in [-0.1, -0.05) is 29.3 Å². The standard InChI is InChI=1S/C20H18Cl2FN3O3/c21-13-6-5-12(8-15(13)23)28-10-18(27)25-11-4-7-16(24-9-11)20-26-19-14(22)2-1-3-17(19)29-20/h1-3,5-6,8,11,16,24H,4,7,9-10H2,(H,25,27)/t11?,16-/m1/s1. The first-order chi connectivity index (χ1) is 14.0. The van der Waals surface area contributed by atoms with E-state index in [0.29, 0.717) is 28.6 Å². The second-order valence-corrected chi connectivity index (χ2v) is 7.62. The first-order valence-corrected chi connectivity index (χ1v) is 9.91. The van der Waals surface area contributed by atoms with Crippen molar-refractivity contribution in [2.75, 3.05) is 13.2 Å². The van der Waals surface area contributed by atoms with Crippen LogP contribution in [-0.4, -0.2) is 30.1 Å². The molecule has 0 radical (unpaired) electrons. The molecule has 6 nitrogen and oxygen atoms in total. The molecule has 29 heavy (non-hydrogen) atoms. The van der Waals surface area contributed by atoms with Gasteiger partial charge in [-0.05, 0) is 37.1 Å². The Morgan fingerprint density at radius 2 is 2.14 bits per heavy atom. The summed E-state index contributed by atoms with van der Waals surface area (Å²) < 4.78 is 24.5. The molecule has 2 N–H and O–H groups in total. The molecule has 1 aliphatic heterocycles. The molecule has 0 bridgehead atoms. The number of ether oxygens (including phenoxy) is 1. The monoisotopic (exact) mass is 437 g/mol. The Morgan fingerprint density at radius 1 is 1.28 bits per heavy atom. The fraction of sp³-hybridized carbons (Fsp3) is 0.300. The topological polar surface area (TPSA) is 76.4 Å². The smallest absolute Gasteiger partial charge is 0.258 e. The minimum atomic E-state index is -0.590. The van der Waals surface area contributed by atoms with Crippen LogP contribution in [0.15, 0.2) is 40.8 Å². The van der Waals surface area contributed by atoms with Gasteiger partial charge in [-0.25, -0.2) is 9.37 Å². The number of hydrogen-bond donors (Lipinski definition) is 2. The highest BCUT2D eigenvalue weighted by molar-refractivity contribution is 6.34. The second-order valence-electron chi connectivity index (χ2n) is 6.81. The normalized spacial score (nSPS) is 19.3. The van der Waals surface area contributed by atoms with Crippen LogP contribution in [0.25, 0.3) is 11.1 Å². The predicted molar refractivity (Wildman–Crippen MR) is 108 cm³/mol. The quantitative estimate of drug-likeness (QED) is 0.623. The van der Waals surface area contributed by atoms with E-state index in [9.17, 15) is 9.18 Å². The number of amides is 1. The Labute approximate surface area is 176 Å². The largest absolute Gasteiger partial charge is 0.484 e. The summed E-state index contributed by atoms with van der Waals surface area (Å²) in [5, 5.41) is 6.80. The number of nitrogens with zero attached hydrogens (tertiary/aromatic N) is 1. The lowest BCUT2D eigenvalue weighted by Crippen LogP contribution is -2.48. The van der Waals surface area contributed by atoms with Crippen molar-refractivity contribution >= 4 is 40.2 Å². The van der Waals surface area contributed by atoms with E-state index >= 15 is 0 Å². The first-order valence-electron chi connectivity index (χ1n) is 9.15. The lowest BCUT2D eigenvalue weighted by Gasteiger charge is -2.28. The predicted octanol–water partition coefficient (Wildman–Crippen LogP) is 4.26. The Kier molecular flexibility index (Phi) is 5.89. The molecule has 9 heteroatoms. The molecule has 1 aromatic heterocycles. The Hall–Kier alpha value is -2.35. The Balaban J connectivity index is 1.27. The molecule has 1 saturated heterocycles. The van der Waals surface area contributed by atoms with Gasteiger partial charge in [-0.2, -0.15) is 0 Å². The van der Waals surface area contributed by atoms with E-state index in [0.717, 1.165) is 18.9 Å². The minimum absolute atomic E-state index is 0.00542. The van der Waals surface area contributed by atoms with Gasteiger partial charge in [-0.3, -0.25) is 4.79 Å². The van der Waals surface area contributed by atoms with Crippen molar-refractivity contribution in [1.29, 1.82) is 0 Å². The van der Waals surface area contributed by atoms with Crippen LogP contribution >= 0.6 is 23.2 Å². The number of oxazole rings is 1. The highest BCUT2D eigenvalue weighted by atomic mass is 35.5. The molecule has 2 heterocycles. The summed E-state index contributed by atoms with van der Waals surface area (Å²) in [7, 11) is 0. The maximum Gasteiger partial charge on any atom is 0.258 e. The van der Waals surface area contributed by atoms with Crippen molar-refractivity contribution in [2.24, 2.45) is 0 Å². The van der Waals surface area contributed by atoms with Crippen molar-refractivity contribution in [3.63, 3.8) is 0 Å². The SMILES string of the molecule is O=C(COc1ccc(Cl)c(F)c1)NC1CC[C@H](c2nc3c(Cl)cccc3o2)NC1. The average Bonchev–Trinajstić information content (AvgIpc) is 3.15. The summed E-state index contributed by atoms with van der Waals surface area (Å²) in [6.45, 7) is 0.364. The molecule has 3 aromatic rings. The van der Waals surface area contributed by atoms with E-state index in [1.165, 1.54) is 12.1 Å². The zero-order valence-electron chi connectivity index (χ0n) is 15.3. The number of halogens is 3. The fourth-order valence-corrected chi connectivity index (χ4v) is 3.58. The van der Waals surface area contributed by atoms with Gasteiger partial charge >= 0.3 is 0 Å². The Bertz CT molecular complexity index is 1030. The van der Waals surface area contributed by atoms with Crippen LogP contribution in [0.5, 0.6) is 5.75 Å². The van der Waals surface area contributed by atoms with Gasteiger partial charge in [0.1, 0.15) is 17.1 Å². The molecule has 152 valence electrons. The maximum absolute atomic E-state index is 13.4. The van der Waals surface area contributed by atoms with Crippen molar-refractivity contribution in [3.8, 4) is 5.75 Å². The number of benzene rings is 2. The third-order valence-electron chi connectivity index (χ3n) is 4.72. The number of para-hydroxylation sites is 1. The van der Waals surface area contributed by atoms with E-state index in [1.54, 1.807) is 6.07 Å². The van der Waals surface area contributed by atoms with E-state index in [2.05, 4.69) is 15.6 Å². The van der Waals surface area contributed by atoms with Crippen LogP contribution in [0.2, 0.25) is 10.0 Å². The number of carbonyl (C=O) groups is 1. The van der Waals surface area contributed by atoms with Crippen molar-refractivity contribution in [2.45, 2.75) is 24.9 Å². The van der Waals surface area contributed by atoms with E-state index in [4.69, 9.17) is 32.4 Å². The summed E-state index contributed by atoms with van der Waals surface area (Å²) in [6, 6.07) is 9.38. The first kappa shape index (κ1) is 19.9. The number of rotatable bonds is 5. The number of hydrogen-bond acceptors (Lipinski definition) is 5. The molecule has 1 amide bonds. The number of piperidine rings is 1. The summed E-state index contributed by atoms with van der Waals surface area (Å²) in [5.41, 5.74) is 1.30. The molecular weight excluding hydrogens is 420 g/mol. The zero-order valence-corrected chi connectivity index (χ0v) is 16.8. The lowest BCUT2D eigenvalue weighted by molar-refractivity contribution is -0.124. The van der Waals surface area contributed by atoms with Gasteiger partial charge in [0.05, 0.1) is 16.1 Å². The van der Waals surface area contributed by atoms with E-state index < -0.39 is 5.82 Å². The van der Waals surface area contributed by atoms with Crippen LogP contribution in [0.1, 0.15) is 24.8 Å². The molecule has 0 spiro atoms. The molecule has 0 saturated carbocycles. The number of nitrogens with one attached hydrogen (secondary N) is 2. The van der Waals surface area contributed by atoms with Crippen molar-refractivity contribution in [3.05, 3.63) is 58.2 Å². The molecule has 4 rings (SSSR count). The van der Waals surface area contributed by atoms with Crippen molar-refractivity contribution in [1.82, 2.24) is 15.6 Å². The fourth-order valence-electron chi connectivity index (χ4n) is 3.26. The number of aromatic nitrogens is 1. The van der Waals surface area contributed by atoms with Gasteiger partial charge in [0, 0.05) is 18.7 Å². The molecule has 1 fully saturated rings. The molecule has 0 aliphatic carbocycles. The van der Waals surface area contributed by atoms with Crippen LogP contribution < -0.4 is 15.4 Å². The molecule has 1 unspecified atom stereocenters. The number of carbonyl (C=O) groups excluding carboxylic acids is 1. The molecule has 1 aliphatic rings. The highest BCUT2D eigenvalue weighted by Gasteiger charge is 2.26. The molecule has 2 atom stereocenters. The molecule has 2 aromatic carbocycles. The summed E-state index contributed by atoms with van der Waals surface area (Å²) in [4.78, 5) is 16.6. The van der Waals surface area contributed by atoms with Gasteiger partial charge in [0.15, 0.2) is 12.2 Å². The minimum Gasteiger partial charge on any atom is -0.484 e. The van der Waals surface area contributed by atoms with Crippen LogP contribution in [0.4, 0.5) is 4.39 Å². The molecular formula is C20H18Cl2FN3O3. The third-order valence-corrected chi connectivity index (χ3v) is 5.34.